The molecule has 9 nitrogen and oxygen atoms in total. The minimum absolute atomic E-state index is 0.0426. The lowest BCUT2D eigenvalue weighted by Crippen LogP contribution is -2.29. The maximum absolute atomic E-state index is 12.6. The maximum Gasteiger partial charge on any atom is 0.252 e. The van der Waals surface area contributed by atoms with Gasteiger partial charge in [0.05, 0.1) is 10.6 Å². The van der Waals surface area contributed by atoms with E-state index in [9.17, 15) is 18.0 Å². The number of rotatable bonds is 7. The Labute approximate surface area is 176 Å². The van der Waals surface area contributed by atoms with Gasteiger partial charge in [-0.05, 0) is 37.6 Å². The molecule has 2 N–H and O–H groups in total. The monoisotopic (exact) mass is 433 g/mol. The number of nitrogens with zero attached hydrogens (tertiary/aromatic N) is 3. The van der Waals surface area contributed by atoms with Crippen LogP contribution in [-0.2, 0) is 21.2 Å². The SMILES string of the molecule is CNS(=O)(=O)c1ccc(CCC(=O)N2CCC(c3cc(=O)[nH]c(N(C)C)n3)C2)cc1. The quantitative estimate of drug-likeness (QED) is 0.664. The van der Waals surface area contributed by atoms with Crippen LogP contribution in [-0.4, -0.2) is 63.4 Å². The molecule has 0 spiro atoms. The highest BCUT2D eigenvalue weighted by molar-refractivity contribution is 7.89. The molecule has 2 aromatic rings. The number of benzene rings is 1. The number of anilines is 1. The summed E-state index contributed by atoms with van der Waals surface area (Å²) in [7, 11) is 1.53. The second kappa shape index (κ2) is 8.97. The standard InChI is InChI=1S/C20H27N5O4S/c1-21-30(28,29)16-7-4-14(5-8-16)6-9-19(27)25-11-10-15(13-25)17-12-18(26)23-20(22-17)24(2)3/h4-5,7-8,12,15,21H,6,9-11,13H2,1-3H3,(H,22,23,26). The molecule has 0 saturated carbocycles. The molecular formula is C20H27N5O4S. The fourth-order valence-corrected chi connectivity index (χ4v) is 4.20. The fourth-order valence-electron chi connectivity index (χ4n) is 3.47. The number of aromatic nitrogens is 2. The van der Waals surface area contributed by atoms with E-state index in [0.29, 0.717) is 37.6 Å². The van der Waals surface area contributed by atoms with Crippen LogP contribution in [0.15, 0.2) is 40.0 Å². The van der Waals surface area contributed by atoms with Gasteiger partial charge in [-0.25, -0.2) is 18.1 Å². The van der Waals surface area contributed by atoms with E-state index in [1.807, 2.05) is 19.0 Å². The van der Waals surface area contributed by atoms with Crippen LogP contribution in [0.3, 0.4) is 0 Å². The number of carbonyl (C=O) groups is 1. The number of carbonyl (C=O) groups excluding carboxylic acids is 1. The van der Waals surface area contributed by atoms with Crippen molar-refractivity contribution in [2.24, 2.45) is 0 Å². The average Bonchev–Trinajstić information content (AvgIpc) is 3.22. The molecule has 1 aliphatic heterocycles. The lowest BCUT2D eigenvalue weighted by Gasteiger charge is -2.17. The molecule has 1 atom stereocenters. The van der Waals surface area contributed by atoms with Crippen molar-refractivity contribution in [2.75, 3.05) is 39.1 Å². The van der Waals surface area contributed by atoms with E-state index in [0.717, 1.165) is 12.0 Å². The zero-order valence-corrected chi connectivity index (χ0v) is 18.2. The molecule has 0 bridgehead atoms. The van der Waals surface area contributed by atoms with Crippen LogP contribution in [0.4, 0.5) is 5.95 Å². The third kappa shape index (κ3) is 5.06. The first-order chi connectivity index (χ1) is 14.2. The smallest absolute Gasteiger partial charge is 0.252 e. The average molecular weight is 434 g/mol. The predicted molar refractivity (Wildman–Crippen MR) is 114 cm³/mol. The first-order valence-corrected chi connectivity index (χ1v) is 11.3. The van der Waals surface area contributed by atoms with E-state index in [1.54, 1.807) is 29.2 Å². The molecule has 1 amide bonds. The molecule has 10 heteroatoms. The molecule has 1 aliphatic rings. The van der Waals surface area contributed by atoms with Crippen molar-refractivity contribution in [2.45, 2.75) is 30.1 Å². The summed E-state index contributed by atoms with van der Waals surface area (Å²) in [5, 5.41) is 0. The van der Waals surface area contributed by atoms with Gasteiger partial charge in [0.15, 0.2) is 0 Å². The van der Waals surface area contributed by atoms with Gasteiger partial charge < -0.3 is 9.80 Å². The Morgan fingerprint density at radius 2 is 2.00 bits per heavy atom. The van der Waals surface area contributed by atoms with Crippen molar-refractivity contribution >= 4 is 21.9 Å². The zero-order valence-electron chi connectivity index (χ0n) is 17.4. The largest absolute Gasteiger partial charge is 0.348 e. The van der Waals surface area contributed by atoms with E-state index in [1.165, 1.54) is 13.1 Å². The summed E-state index contributed by atoms with van der Waals surface area (Å²) in [6.45, 7) is 1.18. The Morgan fingerprint density at radius 3 is 2.63 bits per heavy atom. The second-order valence-corrected chi connectivity index (χ2v) is 9.45. The number of amides is 1. The molecule has 0 radical (unpaired) electrons. The van der Waals surface area contributed by atoms with Gasteiger partial charge in [0.1, 0.15) is 0 Å². The summed E-state index contributed by atoms with van der Waals surface area (Å²) >= 11 is 0. The molecule has 1 aromatic heterocycles. The first kappa shape index (κ1) is 22.0. The molecule has 1 fully saturated rings. The maximum atomic E-state index is 12.6. The van der Waals surface area contributed by atoms with Gasteiger partial charge in [-0.1, -0.05) is 12.1 Å². The number of sulfonamides is 1. The first-order valence-electron chi connectivity index (χ1n) is 9.78. The highest BCUT2D eigenvalue weighted by Crippen LogP contribution is 2.26. The molecule has 3 rings (SSSR count). The lowest BCUT2D eigenvalue weighted by atomic mass is 10.0. The van der Waals surface area contributed by atoms with Crippen LogP contribution < -0.4 is 15.2 Å². The zero-order chi connectivity index (χ0) is 21.9. The van der Waals surface area contributed by atoms with Crippen molar-refractivity contribution in [3.8, 4) is 0 Å². The minimum Gasteiger partial charge on any atom is -0.348 e. The highest BCUT2D eigenvalue weighted by atomic mass is 32.2. The number of H-pyrrole nitrogens is 1. The number of hydrogen-bond donors (Lipinski definition) is 2. The second-order valence-electron chi connectivity index (χ2n) is 7.57. The third-order valence-electron chi connectivity index (χ3n) is 5.26. The van der Waals surface area contributed by atoms with Crippen molar-refractivity contribution in [1.82, 2.24) is 19.6 Å². The number of likely N-dealkylation sites (tertiary alicyclic amines) is 1. The molecule has 1 saturated heterocycles. The summed E-state index contributed by atoms with van der Waals surface area (Å²) in [6.07, 6.45) is 1.65. The summed E-state index contributed by atoms with van der Waals surface area (Å²) in [4.78, 5) is 35.5. The topological polar surface area (TPSA) is 115 Å². The normalized spacial score (nSPS) is 16.6. The Bertz CT molecular complexity index is 1060. The van der Waals surface area contributed by atoms with E-state index >= 15 is 0 Å². The van der Waals surface area contributed by atoms with E-state index < -0.39 is 10.0 Å². The van der Waals surface area contributed by atoms with Crippen molar-refractivity contribution in [3.05, 3.63) is 51.9 Å². The lowest BCUT2D eigenvalue weighted by molar-refractivity contribution is -0.130. The van der Waals surface area contributed by atoms with Gasteiger partial charge in [0.25, 0.3) is 5.56 Å². The van der Waals surface area contributed by atoms with Gasteiger partial charge in [-0.15, -0.1) is 0 Å². The third-order valence-corrected chi connectivity index (χ3v) is 6.69. The molecule has 162 valence electrons. The minimum atomic E-state index is -3.46. The van der Waals surface area contributed by atoms with E-state index in [-0.39, 0.29) is 22.3 Å². The van der Waals surface area contributed by atoms with Gasteiger partial charge >= 0.3 is 0 Å². The van der Waals surface area contributed by atoms with Crippen LogP contribution >= 0.6 is 0 Å². The predicted octanol–water partition coefficient (Wildman–Crippen LogP) is 0.693. The van der Waals surface area contributed by atoms with Crippen molar-refractivity contribution in [1.29, 1.82) is 0 Å². The van der Waals surface area contributed by atoms with Gasteiger partial charge in [-0.3, -0.25) is 14.6 Å². The summed E-state index contributed by atoms with van der Waals surface area (Å²) in [5.41, 5.74) is 1.41. The molecule has 0 aliphatic carbocycles. The van der Waals surface area contributed by atoms with Crippen molar-refractivity contribution in [3.63, 3.8) is 0 Å². The van der Waals surface area contributed by atoms with Gasteiger partial charge in [-0.2, -0.15) is 0 Å². The number of nitrogens with one attached hydrogen (secondary N) is 2. The number of aromatic amines is 1. The summed E-state index contributed by atoms with van der Waals surface area (Å²) in [6, 6.07) is 8.05. The number of aryl methyl sites for hydroxylation is 1. The highest BCUT2D eigenvalue weighted by Gasteiger charge is 2.28. The summed E-state index contributed by atoms with van der Waals surface area (Å²) in [5.74, 6) is 0.592. The molecule has 2 heterocycles. The Balaban J connectivity index is 1.58. The molecule has 1 unspecified atom stereocenters. The molecular weight excluding hydrogens is 406 g/mol. The van der Waals surface area contributed by atoms with Crippen LogP contribution in [0.1, 0.15) is 30.0 Å². The van der Waals surface area contributed by atoms with Gasteiger partial charge in [0, 0.05) is 45.6 Å². The number of hydrogen-bond acceptors (Lipinski definition) is 6. The van der Waals surface area contributed by atoms with Crippen LogP contribution in [0, 0.1) is 0 Å². The van der Waals surface area contributed by atoms with Crippen LogP contribution in [0.25, 0.3) is 0 Å². The Morgan fingerprint density at radius 1 is 1.30 bits per heavy atom. The molecule has 1 aromatic carbocycles. The Kier molecular flexibility index (Phi) is 6.57. The molecule has 30 heavy (non-hydrogen) atoms. The van der Waals surface area contributed by atoms with Crippen molar-refractivity contribution < 1.29 is 13.2 Å². The Hall–Kier alpha value is -2.72. The van der Waals surface area contributed by atoms with Gasteiger partial charge in [0.2, 0.25) is 21.9 Å². The van der Waals surface area contributed by atoms with Crippen LogP contribution in [0.5, 0.6) is 0 Å². The fraction of sp³-hybridized carbons (Fsp3) is 0.450. The van der Waals surface area contributed by atoms with Crippen LogP contribution in [0.2, 0.25) is 0 Å². The van der Waals surface area contributed by atoms with E-state index in [4.69, 9.17) is 0 Å². The van der Waals surface area contributed by atoms with E-state index in [2.05, 4.69) is 14.7 Å². The summed E-state index contributed by atoms with van der Waals surface area (Å²) < 4.78 is 25.8.